The van der Waals surface area contributed by atoms with E-state index >= 15 is 0 Å². The molecule has 13 heavy (non-hydrogen) atoms. The lowest BCUT2D eigenvalue weighted by atomic mass is 10.1. The van der Waals surface area contributed by atoms with Crippen molar-refractivity contribution in [1.29, 1.82) is 0 Å². The molecule has 0 aliphatic carbocycles. The molecule has 0 unspecified atom stereocenters. The third-order valence-electron chi connectivity index (χ3n) is 1.98. The van der Waals surface area contributed by atoms with Crippen LogP contribution in [0.1, 0.15) is 5.56 Å². The van der Waals surface area contributed by atoms with Gasteiger partial charge < -0.3 is 5.73 Å². The molecule has 0 bridgehead atoms. The molecule has 0 spiro atoms. The molecule has 2 aromatic rings. The predicted molar refractivity (Wildman–Crippen MR) is 55.0 cm³/mol. The zero-order chi connectivity index (χ0) is 9.26. The Labute approximate surface area is 76.7 Å². The maximum absolute atomic E-state index is 5.65. The lowest BCUT2D eigenvalue weighted by molar-refractivity contribution is 1.39. The van der Waals surface area contributed by atoms with Crippen molar-refractivity contribution in [3.8, 4) is 0 Å². The van der Waals surface area contributed by atoms with Gasteiger partial charge in [0.2, 0.25) is 0 Å². The minimum absolute atomic E-state index is 0.560. The Morgan fingerprint density at radius 2 is 2.00 bits per heavy atom. The summed E-state index contributed by atoms with van der Waals surface area (Å²) < 4.78 is 0. The molecule has 2 nitrogen and oxygen atoms in total. The number of para-hydroxylation sites is 1. The zero-order valence-electron chi connectivity index (χ0n) is 7.20. The van der Waals surface area contributed by atoms with Crippen molar-refractivity contribution in [2.45, 2.75) is 0 Å². The van der Waals surface area contributed by atoms with Crippen molar-refractivity contribution in [3.63, 3.8) is 0 Å². The number of fused-ring (bicyclic) bond motifs is 1. The Balaban J connectivity index is 2.83. The van der Waals surface area contributed by atoms with E-state index in [1.54, 1.807) is 6.20 Å². The summed E-state index contributed by atoms with van der Waals surface area (Å²) in [6.45, 7) is 3.71. The van der Waals surface area contributed by atoms with E-state index in [1.165, 1.54) is 0 Å². The van der Waals surface area contributed by atoms with E-state index in [0.717, 1.165) is 16.5 Å². The van der Waals surface area contributed by atoms with Gasteiger partial charge in [-0.25, -0.2) is 0 Å². The second kappa shape index (κ2) is 2.90. The van der Waals surface area contributed by atoms with Crippen LogP contribution in [0.2, 0.25) is 0 Å². The molecule has 0 saturated heterocycles. The van der Waals surface area contributed by atoms with Gasteiger partial charge in [-0.1, -0.05) is 30.8 Å². The summed E-state index contributed by atoms with van der Waals surface area (Å²) in [5, 5.41) is 1.09. The van der Waals surface area contributed by atoms with Crippen LogP contribution in [0.25, 0.3) is 16.6 Å². The molecular formula is C11H10N2. The largest absolute Gasteiger partial charge is 0.399 e. The standard InChI is InChI=1S/C11H10N2/c1-8(12)10-6-2-4-9-5-3-7-13-11(9)10/h2-7H,1,12H2. The van der Waals surface area contributed by atoms with Crippen LogP contribution in [0, 0.1) is 0 Å². The van der Waals surface area contributed by atoms with Gasteiger partial charge in [0.1, 0.15) is 0 Å². The predicted octanol–water partition coefficient (Wildman–Crippen LogP) is 2.16. The van der Waals surface area contributed by atoms with Gasteiger partial charge in [0, 0.05) is 22.8 Å². The van der Waals surface area contributed by atoms with Crippen LogP contribution in [-0.4, -0.2) is 4.98 Å². The molecule has 2 heteroatoms. The zero-order valence-corrected chi connectivity index (χ0v) is 7.20. The van der Waals surface area contributed by atoms with Gasteiger partial charge in [0.25, 0.3) is 0 Å². The molecule has 0 radical (unpaired) electrons. The van der Waals surface area contributed by atoms with E-state index in [-0.39, 0.29) is 0 Å². The topological polar surface area (TPSA) is 38.9 Å². The first-order valence-electron chi connectivity index (χ1n) is 4.07. The van der Waals surface area contributed by atoms with Crippen molar-refractivity contribution in [3.05, 3.63) is 48.7 Å². The van der Waals surface area contributed by atoms with Crippen molar-refractivity contribution in [1.82, 2.24) is 4.98 Å². The minimum Gasteiger partial charge on any atom is -0.399 e. The van der Waals surface area contributed by atoms with Gasteiger partial charge in [0.15, 0.2) is 0 Å². The van der Waals surface area contributed by atoms with E-state index in [0.29, 0.717) is 5.70 Å². The Hall–Kier alpha value is -1.83. The fourth-order valence-electron chi connectivity index (χ4n) is 1.36. The average Bonchev–Trinajstić information content (AvgIpc) is 2.17. The molecule has 0 aliphatic rings. The Kier molecular flexibility index (Phi) is 1.74. The summed E-state index contributed by atoms with van der Waals surface area (Å²) in [4.78, 5) is 4.26. The van der Waals surface area contributed by atoms with Crippen molar-refractivity contribution < 1.29 is 0 Å². The maximum Gasteiger partial charge on any atom is 0.0794 e. The van der Waals surface area contributed by atoms with Crippen molar-refractivity contribution >= 4 is 16.6 Å². The summed E-state index contributed by atoms with van der Waals surface area (Å²) in [6, 6.07) is 9.81. The normalized spacial score (nSPS) is 10.2. The first-order chi connectivity index (χ1) is 6.29. The minimum atomic E-state index is 0.560. The summed E-state index contributed by atoms with van der Waals surface area (Å²) in [5.41, 5.74) is 8.03. The average molecular weight is 170 g/mol. The van der Waals surface area contributed by atoms with Crippen LogP contribution in [0.15, 0.2) is 43.1 Å². The third kappa shape index (κ3) is 1.26. The monoisotopic (exact) mass is 170 g/mol. The van der Waals surface area contributed by atoms with Crippen LogP contribution in [-0.2, 0) is 0 Å². The molecular weight excluding hydrogens is 160 g/mol. The number of rotatable bonds is 1. The van der Waals surface area contributed by atoms with Crippen molar-refractivity contribution in [2.75, 3.05) is 0 Å². The number of hydrogen-bond acceptors (Lipinski definition) is 2. The number of hydrogen-bond donors (Lipinski definition) is 1. The second-order valence-electron chi connectivity index (χ2n) is 2.91. The fraction of sp³-hybridized carbons (Fsp3) is 0. The number of nitrogens with two attached hydrogens (primary N) is 1. The highest BCUT2D eigenvalue weighted by molar-refractivity contribution is 5.89. The Morgan fingerprint density at radius 3 is 2.77 bits per heavy atom. The molecule has 1 heterocycles. The van der Waals surface area contributed by atoms with Gasteiger partial charge >= 0.3 is 0 Å². The highest BCUT2D eigenvalue weighted by Gasteiger charge is 2.00. The molecule has 1 aromatic carbocycles. The number of benzene rings is 1. The second-order valence-corrected chi connectivity index (χ2v) is 2.91. The van der Waals surface area contributed by atoms with Gasteiger partial charge in [0.05, 0.1) is 5.52 Å². The van der Waals surface area contributed by atoms with Gasteiger partial charge in [-0.05, 0) is 6.07 Å². The van der Waals surface area contributed by atoms with Crippen molar-refractivity contribution in [2.24, 2.45) is 5.73 Å². The molecule has 64 valence electrons. The van der Waals surface area contributed by atoms with E-state index in [2.05, 4.69) is 11.6 Å². The number of pyridine rings is 1. The maximum atomic E-state index is 5.65. The summed E-state index contributed by atoms with van der Waals surface area (Å²) in [6.07, 6.45) is 1.76. The molecule has 0 aliphatic heterocycles. The van der Waals surface area contributed by atoms with E-state index in [9.17, 15) is 0 Å². The first-order valence-corrected chi connectivity index (χ1v) is 4.07. The lowest BCUT2D eigenvalue weighted by Crippen LogP contribution is -1.95. The fourth-order valence-corrected chi connectivity index (χ4v) is 1.36. The van der Waals surface area contributed by atoms with Gasteiger partial charge in [-0.15, -0.1) is 0 Å². The lowest BCUT2D eigenvalue weighted by Gasteiger charge is -2.03. The molecule has 2 N–H and O–H groups in total. The summed E-state index contributed by atoms with van der Waals surface area (Å²) >= 11 is 0. The van der Waals surface area contributed by atoms with Gasteiger partial charge in [-0.2, -0.15) is 0 Å². The van der Waals surface area contributed by atoms with Crippen LogP contribution in [0.5, 0.6) is 0 Å². The summed E-state index contributed by atoms with van der Waals surface area (Å²) in [5.74, 6) is 0. The molecule has 1 aromatic heterocycles. The Bertz CT molecular complexity index is 455. The van der Waals surface area contributed by atoms with Crippen LogP contribution >= 0.6 is 0 Å². The van der Waals surface area contributed by atoms with Crippen LogP contribution in [0.4, 0.5) is 0 Å². The van der Waals surface area contributed by atoms with E-state index < -0.39 is 0 Å². The summed E-state index contributed by atoms with van der Waals surface area (Å²) in [7, 11) is 0. The first kappa shape index (κ1) is 7.80. The number of aromatic nitrogens is 1. The quantitative estimate of drug-likeness (QED) is 0.712. The third-order valence-corrected chi connectivity index (χ3v) is 1.98. The molecule has 0 atom stereocenters. The molecule has 0 saturated carbocycles. The highest BCUT2D eigenvalue weighted by Crippen LogP contribution is 2.18. The van der Waals surface area contributed by atoms with E-state index in [4.69, 9.17) is 5.73 Å². The molecule has 2 rings (SSSR count). The Morgan fingerprint density at radius 1 is 1.23 bits per heavy atom. The SMILES string of the molecule is C=C(N)c1cccc2cccnc12. The highest BCUT2D eigenvalue weighted by atomic mass is 14.7. The van der Waals surface area contributed by atoms with Crippen LogP contribution in [0.3, 0.4) is 0 Å². The molecule has 0 fully saturated rings. The molecule has 0 amide bonds. The number of nitrogens with zero attached hydrogens (tertiary/aromatic N) is 1. The van der Waals surface area contributed by atoms with Crippen LogP contribution < -0.4 is 5.73 Å². The smallest absolute Gasteiger partial charge is 0.0794 e. The van der Waals surface area contributed by atoms with Gasteiger partial charge in [-0.3, -0.25) is 4.98 Å². The van der Waals surface area contributed by atoms with E-state index in [1.807, 2.05) is 30.3 Å².